The monoisotopic (exact) mass is 345 g/mol. The molecule has 1 heterocycles. The Morgan fingerprint density at radius 3 is 2.30 bits per heavy atom. The number of rotatable bonds is 11. The largest absolute Gasteiger partial charge is 0.373 e. The summed E-state index contributed by atoms with van der Waals surface area (Å²) in [5.74, 6) is 0. The van der Waals surface area contributed by atoms with Crippen LogP contribution >= 0.6 is 12.6 Å². The topological polar surface area (TPSA) is 40.4 Å². The van der Waals surface area contributed by atoms with Gasteiger partial charge in [-0.25, -0.2) is 0 Å². The Morgan fingerprint density at radius 1 is 1.26 bits per heavy atom. The summed E-state index contributed by atoms with van der Waals surface area (Å²) < 4.78 is 12.3. The molecular formula is C19H39NO2S. The van der Waals surface area contributed by atoms with Crippen molar-refractivity contribution >= 4 is 12.6 Å². The van der Waals surface area contributed by atoms with Crippen LogP contribution in [0.4, 0.5) is 0 Å². The molecule has 1 aliphatic heterocycles. The first-order chi connectivity index (χ1) is 10.4. The van der Waals surface area contributed by atoms with Crippen LogP contribution in [0.15, 0.2) is 0 Å². The molecule has 0 aromatic heterocycles. The van der Waals surface area contributed by atoms with Gasteiger partial charge in [-0.1, -0.05) is 27.2 Å². The SMILES string of the molecule is CCCC(C)(C)OC(C)CC(C)(C)C(S)OCCC1(C)NC1C. The van der Waals surface area contributed by atoms with Gasteiger partial charge in [-0.2, -0.15) is 0 Å². The third-order valence-electron chi connectivity index (χ3n) is 5.17. The summed E-state index contributed by atoms with van der Waals surface area (Å²) in [4.78, 5) is 0. The van der Waals surface area contributed by atoms with Crippen molar-refractivity contribution < 1.29 is 9.47 Å². The molecule has 0 amide bonds. The van der Waals surface area contributed by atoms with E-state index in [1.54, 1.807) is 0 Å². The fourth-order valence-electron chi connectivity index (χ4n) is 3.44. The van der Waals surface area contributed by atoms with Gasteiger partial charge in [0.25, 0.3) is 0 Å². The van der Waals surface area contributed by atoms with Gasteiger partial charge in [0.1, 0.15) is 5.44 Å². The lowest BCUT2D eigenvalue weighted by Gasteiger charge is -2.36. The van der Waals surface area contributed by atoms with E-state index in [9.17, 15) is 0 Å². The zero-order valence-electron chi connectivity index (χ0n) is 16.5. The van der Waals surface area contributed by atoms with Crippen LogP contribution in [0, 0.1) is 5.41 Å². The molecule has 1 fully saturated rings. The summed E-state index contributed by atoms with van der Waals surface area (Å²) in [7, 11) is 0. The van der Waals surface area contributed by atoms with Crippen LogP contribution in [-0.4, -0.2) is 35.3 Å². The molecule has 0 aliphatic carbocycles. The first-order valence-electron chi connectivity index (χ1n) is 9.17. The van der Waals surface area contributed by atoms with Crippen LogP contribution in [0.25, 0.3) is 0 Å². The smallest absolute Gasteiger partial charge is 0.105 e. The van der Waals surface area contributed by atoms with E-state index >= 15 is 0 Å². The lowest BCUT2D eigenvalue weighted by atomic mass is 9.87. The Kier molecular flexibility index (Phi) is 7.47. The zero-order chi connectivity index (χ0) is 17.9. The van der Waals surface area contributed by atoms with Gasteiger partial charge in [0, 0.05) is 23.6 Å². The molecule has 0 spiro atoms. The van der Waals surface area contributed by atoms with Gasteiger partial charge in [-0.05, 0) is 53.9 Å². The van der Waals surface area contributed by atoms with Crippen LogP contribution in [0.5, 0.6) is 0 Å². The van der Waals surface area contributed by atoms with Crippen molar-refractivity contribution in [1.82, 2.24) is 5.32 Å². The highest BCUT2D eigenvalue weighted by Gasteiger charge is 2.45. The van der Waals surface area contributed by atoms with E-state index in [1.165, 1.54) is 0 Å². The maximum Gasteiger partial charge on any atom is 0.105 e. The van der Waals surface area contributed by atoms with E-state index in [4.69, 9.17) is 22.1 Å². The minimum atomic E-state index is -0.0690. The van der Waals surface area contributed by atoms with Crippen molar-refractivity contribution in [3.63, 3.8) is 0 Å². The zero-order valence-corrected chi connectivity index (χ0v) is 17.4. The second-order valence-electron chi connectivity index (χ2n) is 8.89. The Balaban J connectivity index is 2.37. The molecule has 1 saturated heterocycles. The normalized spacial score (nSPS) is 27.8. The van der Waals surface area contributed by atoms with Gasteiger partial charge in [0.05, 0.1) is 11.7 Å². The second-order valence-corrected chi connectivity index (χ2v) is 9.36. The fourth-order valence-corrected chi connectivity index (χ4v) is 3.65. The van der Waals surface area contributed by atoms with E-state index in [-0.39, 0.29) is 28.1 Å². The third-order valence-corrected chi connectivity index (χ3v) is 6.02. The van der Waals surface area contributed by atoms with E-state index in [1.807, 2.05) is 0 Å². The number of ether oxygens (including phenoxy) is 2. The fraction of sp³-hybridized carbons (Fsp3) is 1.00. The molecule has 0 aromatic carbocycles. The highest BCUT2D eigenvalue weighted by atomic mass is 32.1. The highest BCUT2D eigenvalue weighted by Crippen LogP contribution is 2.35. The quantitative estimate of drug-likeness (QED) is 0.321. The molecule has 0 aromatic rings. The predicted molar refractivity (Wildman–Crippen MR) is 102 cm³/mol. The minimum Gasteiger partial charge on any atom is -0.373 e. The Labute approximate surface area is 149 Å². The van der Waals surface area contributed by atoms with E-state index in [0.717, 1.165) is 32.3 Å². The summed E-state index contributed by atoms with van der Waals surface area (Å²) in [6.07, 6.45) is 4.42. The van der Waals surface area contributed by atoms with Gasteiger partial charge in [0.15, 0.2) is 0 Å². The number of hydrogen-bond acceptors (Lipinski definition) is 4. The molecule has 0 saturated carbocycles. The number of thiol groups is 1. The first kappa shape index (κ1) is 21.3. The first-order valence-corrected chi connectivity index (χ1v) is 9.69. The van der Waals surface area contributed by atoms with E-state index in [2.05, 4.69) is 60.7 Å². The summed E-state index contributed by atoms with van der Waals surface area (Å²) in [6.45, 7) is 18.4. The van der Waals surface area contributed by atoms with E-state index < -0.39 is 0 Å². The molecule has 3 nitrogen and oxygen atoms in total. The standard InChI is InChI=1S/C19H39NO2S/c1-9-10-18(6,7)22-14(2)13-17(4,5)16(23)21-12-11-19(8)15(3)20-19/h14-16,20,23H,9-13H2,1-8H3. The van der Waals surface area contributed by atoms with Crippen molar-refractivity contribution in [2.24, 2.45) is 5.41 Å². The van der Waals surface area contributed by atoms with Gasteiger partial charge >= 0.3 is 0 Å². The summed E-state index contributed by atoms with van der Waals surface area (Å²) >= 11 is 4.71. The van der Waals surface area contributed by atoms with Crippen molar-refractivity contribution in [2.45, 2.75) is 110 Å². The van der Waals surface area contributed by atoms with Gasteiger partial charge < -0.3 is 14.8 Å². The Hall–Kier alpha value is 0.230. The van der Waals surface area contributed by atoms with Crippen molar-refractivity contribution in [3.8, 4) is 0 Å². The van der Waals surface area contributed by atoms with Gasteiger partial charge in [0.2, 0.25) is 0 Å². The molecule has 0 radical (unpaired) electrons. The molecule has 4 heteroatoms. The van der Waals surface area contributed by atoms with Crippen LogP contribution in [-0.2, 0) is 9.47 Å². The minimum absolute atomic E-state index is 0.0195. The predicted octanol–water partition coefficient (Wildman–Crippen LogP) is 4.80. The van der Waals surface area contributed by atoms with Gasteiger partial charge in [-0.15, -0.1) is 12.6 Å². The second kappa shape index (κ2) is 8.07. The number of nitrogens with one attached hydrogen (secondary N) is 1. The van der Waals surface area contributed by atoms with Crippen LogP contribution in [0.1, 0.15) is 81.1 Å². The molecule has 4 unspecified atom stereocenters. The van der Waals surface area contributed by atoms with Crippen LogP contribution < -0.4 is 5.32 Å². The average Bonchev–Trinajstić information content (AvgIpc) is 2.94. The van der Waals surface area contributed by atoms with Gasteiger partial charge in [-0.3, -0.25) is 0 Å². The molecule has 1 aliphatic rings. The van der Waals surface area contributed by atoms with E-state index in [0.29, 0.717) is 6.04 Å². The van der Waals surface area contributed by atoms with Crippen LogP contribution in [0.3, 0.4) is 0 Å². The molecule has 1 rings (SSSR count). The highest BCUT2D eigenvalue weighted by molar-refractivity contribution is 7.80. The molecule has 4 atom stereocenters. The molecule has 138 valence electrons. The average molecular weight is 346 g/mol. The Bertz CT molecular complexity index is 372. The third kappa shape index (κ3) is 6.93. The van der Waals surface area contributed by atoms with Crippen molar-refractivity contribution in [1.29, 1.82) is 0 Å². The lowest BCUT2D eigenvalue weighted by molar-refractivity contribution is -0.0921. The maximum atomic E-state index is 6.25. The molecule has 1 N–H and O–H groups in total. The summed E-state index contributed by atoms with van der Waals surface area (Å²) in [5, 5.41) is 3.47. The van der Waals surface area contributed by atoms with Crippen LogP contribution in [0.2, 0.25) is 0 Å². The maximum absolute atomic E-state index is 6.25. The lowest BCUT2D eigenvalue weighted by Crippen LogP contribution is -2.36. The van der Waals surface area contributed by atoms with Crippen molar-refractivity contribution in [3.05, 3.63) is 0 Å². The molecule has 0 bridgehead atoms. The number of hydrogen-bond donors (Lipinski definition) is 2. The molecular weight excluding hydrogens is 306 g/mol. The molecule has 23 heavy (non-hydrogen) atoms. The summed E-state index contributed by atoms with van der Waals surface area (Å²) in [5.41, 5.74) is 0.118. The summed E-state index contributed by atoms with van der Waals surface area (Å²) in [6, 6.07) is 0.603. The van der Waals surface area contributed by atoms with Crippen molar-refractivity contribution in [2.75, 3.05) is 6.61 Å². The Morgan fingerprint density at radius 2 is 1.83 bits per heavy atom.